The lowest BCUT2D eigenvalue weighted by atomic mass is 9.99. The van der Waals surface area contributed by atoms with Crippen LogP contribution in [-0.2, 0) is 6.42 Å². The van der Waals surface area contributed by atoms with E-state index in [2.05, 4.69) is 179 Å². The maximum absolute atomic E-state index is 2.50. The van der Waals surface area contributed by atoms with Crippen LogP contribution in [-0.4, -0.2) is 9.13 Å². The third kappa shape index (κ3) is 4.40. The Balaban J connectivity index is 1.09. The van der Waals surface area contributed by atoms with Gasteiger partial charge < -0.3 is 9.13 Å². The van der Waals surface area contributed by atoms with E-state index >= 15 is 0 Å². The summed E-state index contributed by atoms with van der Waals surface area (Å²) in [6.45, 7) is 0. The van der Waals surface area contributed by atoms with Gasteiger partial charge in [-0.05, 0) is 108 Å². The molecule has 0 atom stereocenters. The molecule has 4 heterocycles. The molecule has 0 N–H and O–H groups in total. The molecule has 12 rings (SSSR count). The zero-order valence-electron chi connectivity index (χ0n) is 28.6. The highest BCUT2D eigenvalue weighted by atomic mass is 32.2. The summed E-state index contributed by atoms with van der Waals surface area (Å²) in [6.07, 6.45) is 0.909. The Bertz CT molecular complexity index is 3270. The quantitative estimate of drug-likeness (QED) is 0.177. The predicted octanol–water partition coefficient (Wildman–Crippen LogP) is 14.0. The summed E-state index contributed by atoms with van der Waals surface area (Å²) >= 11 is 3.79. The third-order valence-electron chi connectivity index (χ3n) is 11.1. The van der Waals surface area contributed by atoms with Crippen LogP contribution in [0.1, 0.15) is 11.1 Å². The molecular formula is C49H30N2S2. The van der Waals surface area contributed by atoms with Gasteiger partial charge in [0.1, 0.15) is 0 Å². The number of benzene rings is 8. The molecular weight excluding hydrogens is 681 g/mol. The fourth-order valence-corrected chi connectivity index (χ4v) is 10.9. The number of fused-ring (bicyclic) bond motifs is 11. The SMILES string of the molecule is c1ccc(-c2ccc3c(c2)c2cc4c(cc2n3-c2ccc3sc5ccccc5c3c2)Sc2cc3c(cc2C4)c2ccccc2n3-c2ccccc2)cc1. The second-order valence-electron chi connectivity index (χ2n) is 14.1. The monoisotopic (exact) mass is 710 g/mol. The van der Waals surface area contributed by atoms with E-state index < -0.39 is 0 Å². The minimum absolute atomic E-state index is 0.909. The molecule has 4 heteroatoms. The first kappa shape index (κ1) is 29.5. The van der Waals surface area contributed by atoms with E-state index in [4.69, 9.17) is 0 Å². The van der Waals surface area contributed by atoms with E-state index in [1.54, 1.807) is 0 Å². The molecule has 1 aliphatic rings. The van der Waals surface area contributed by atoms with Gasteiger partial charge in [0.25, 0.3) is 0 Å². The van der Waals surface area contributed by atoms with Crippen molar-refractivity contribution in [3.05, 3.63) is 181 Å². The van der Waals surface area contributed by atoms with Crippen molar-refractivity contribution in [2.24, 2.45) is 0 Å². The molecule has 0 saturated heterocycles. The molecule has 0 unspecified atom stereocenters. The lowest BCUT2D eigenvalue weighted by Gasteiger charge is -2.20. The van der Waals surface area contributed by atoms with E-state index in [9.17, 15) is 0 Å². The lowest BCUT2D eigenvalue weighted by Crippen LogP contribution is -2.01. The molecule has 0 amide bonds. The smallest absolute Gasteiger partial charge is 0.0552 e. The number of para-hydroxylation sites is 2. The number of rotatable bonds is 3. The second kappa shape index (κ2) is 11.2. The Labute approximate surface area is 314 Å². The van der Waals surface area contributed by atoms with Gasteiger partial charge >= 0.3 is 0 Å². The largest absolute Gasteiger partial charge is 0.309 e. The van der Waals surface area contributed by atoms with Crippen LogP contribution < -0.4 is 0 Å². The topological polar surface area (TPSA) is 9.86 Å². The van der Waals surface area contributed by atoms with Gasteiger partial charge in [0.15, 0.2) is 0 Å². The van der Waals surface area contributed by atoms with Gasteiger partial charge in [0, 0.05) is 62.9 Å². The minimum atomic E-state index is 0.909. The van der Waals surface area contributed by atoms with Crippen LogP contribution in [0.3, 0.4) is 0 Å². The highest BCUT2D eigenvalue weighted by Crippen LogP contribution is 2.47. The van der Waals surface area contributed by atoms with Gasteiger partial charge in [-0.2, -0.15) is 0 Å². The fraction of sp³-hybridized carbons (Fsp3) is 0.0204. The molecule has 1 aliphatic heterocycles. The predicted molar refractivity (Wildman–Crippen MR) is 227 cm³/mol. The zero-order valence-corrected chi connectivity index (χ0v) is 30.2. The molecule has 0 bridgehead atoms. The van der Waals surface area contributed by atoms with E-state index in [0.717, 1.165) is 6.42 Å². The van der Waals surface area contributed by atoms with Crippen LogP contribution in [0.2, 0.25) is 0 Å². The van der Waals surface area contributed by atoms with Crippen LogP contribution in [0.4, 0.5) is 0 Å². The lowest BCUT2D eigenvalue weighted by molar-refractivity contribution is 1.06. The van der Waals surface area contributed by atoms with Gasteiger partial charge in [-0.1, -0.05) is 103 Å². The first-order valence-corrected chi connectivity index (χ1v) is 19.8. The van der Waals surface area contributed by atoms with Gasteiger partial charge in [-0.15, -0.1) is 11.3 Å². The van der Waals surface area contributed by atoms with E-state index in [1.165, 1.54) is 107 Å². The van der Waals surface area contributed by atoms with Crippen LogP contribution in [0, 0.1) is 0 Å². The van der Waals surface area contributed by atoms with Crippen LogP contribution in [0.15, 0.2) is 180 Å². The normalized spacial score (nSPS) is 12.8. The number of aromatic nitrogens is 2. The summed E-state index contributed by atoms with van der Waals surface area (Å²) in [6, 6.07) is 63.1. The molecule has 0 radical (unpaired) electrons. The van der Waals surface area contributed by atoms with Crippen molar-refractivity contribution in [1.82, 2.24) is 9.13 Å². The number of thiophene rings is 1. The average Bonchev–Trinajstić information content (AvgIpc) is 3.85. The molecule has 2 nitrogen and oxygen atoms in total. The molecule has 0 aliphatic carbocycles. The highest BCUT2D eigenvalue weighted by molar-refractivity contribution is 7.99. The summed E-state index contributed by atoms with van der Waals surface area (Å²) in [5.41, 5.74) is 12.6. The summed E-state index contributed by atoms with van der Waals surface area (Å²) in [4.78, 5) is 2.67. The van der Waals surface area contributed by atoms with E-state index in [1.807, 2.05) is 23.1 Å². The molecule has 0 spiro atoms. The van der Waals surface area contributed by atoms with E-state index in [0.29, 0.717) is 0 Å². The van der Waals surface area contributed by atoms with Crippen molar-refractivity contribution in [3.8, 4) is 22.5 Å². The Morgan fingerprint density at radius 1 is 0.358 bits per heavy atom. The summed E-state index contributed by atoms with van der Waals surface area (Å²) in [5, 5.41) is 7.85. The Hall–Kier alpha value is -6.07. The molecule has 8 aromatic carbocycles. The van der Waals surface area contributed by atoms with Gasteiger partial charge in [0.2, 0.25) is 0 Å². The standard InChI is InChI=1S/C49H30N2S2/c1-3-11-30(12-4-1)31-19-21-43-39(24-31)40-26-33-23-32-25-38-36-15-7-9-17-42(36)50(34-13-5-2-6-14-34)44(38)28-48(32)53-49(33)29-45(40)51(43)35-20-22-47-41(27-35)37-16-8-10-18-46(37)52-47/h1-22,24-29H,23H2. The fourth-order valence-electron chi connectivity index (χ4n) is 8.72. The average molecular weight is 711 g/mol. The molecule has 11 aromatic rings. The highest BCUT2D eigenvalue weighted by Gasteiger charge is 2.24. The Kier molecular flexibility index (Phi) is 6.24. The maximum Gasteiger partial charge on any atom is 0.0552 e. The van der Waals surface area contributed by atoms with Crippen LogP contribution in [0.5, 0.6) is 0 Å². The summed E-state index contributed by atoms with van der Waals surface area (Å²) < 4.78 is 7.58. The third-order valence-corrected chi connectivity index (χ3v) is 13.5. The number of hydrogen-bond donors (Lipinski definition) is 0. The van der Waals surface area contributed by atoms with Crippen molar-refractivity contribution in [1.29, 1.82) is 0 Å². The van der Waals surface area contributed by atoms with Gasteiger partial charge in [-0.25, -0.2) is 0 Å². The van der Waals surface area contributed by atoms with Crippen LogP contribution in [0.25, 0.3) is 86.3 Å². The molecule has 0 fully saturated rings. The van der Waals surface area contributed by atoms with Crippen LogP contribution >= 0.6 is 23.1 Å². The molecule has 3 aromatic heterocycles. The van der Waals surface area contributed by atoms with Crippen molar-refractivity contribution < 1.29 is 0 Å². The summed E-state index contributed by atoms with van der Waals surface area (Å²) in [7, 11) is 0. The van der Waals surface area contributed by atoms with Crippen molar-refractivity contribution in [2.75, 3.05) is 0 Å². The maximum atomic E-state index is 2.50. The Morgan fingerprint density at radius 3 is 1.75 bits per heavy atom. The number of nitrogens with zero attached hydrogens (tertiary/aromatic N) is 2. The summed E-state index contributed by atoms with van der Waals surface area (Å²) in [5.74, 6) is 0. The first-order chi connectivity index (χ1) is 26.2. The zero-order chi connectivity index (χ0) is 34.6. The van der Waals surface area contributed by atoms with Crippen molar-refractivity contribution in [3.63, 3.8) is 0 Å². The Morgan fingerprint density at radius 2 is 0.962 bits per heavy atom. The van der Waals surface area contributed by atoms with E-state index in [-0.39, 0.29) is 0 Å². The molecule has 0 saturated carbocycles. The molecule has 248 valence electrons. The minimum Gasteiger partial charge on any atom is -0.309 e. The molecule has 53 heavy (non-hydrogen) atoms. The second-order valence-corrected chi connectivity index (χ2v) is 16.3. The van der Waals surface area contributed by atoms with Gasteiger partial charge in [0.05, 0.1) is 22.1 Å². The van der Waals surface area contributed by atoms with Gasteiger partial charge in [-0.3, -0.25) is 0 Å². The van der Waals surface area contributed by atoms with Crippen molar-refractivity contribution >= 4 is 86.9 Å². The number of hydrogen-bond acceptors (Lipinski definition) is 2. The van der Waals surface area contributed by atoms with Crippen molar-refractivity contribution in [2.45, 2.75) is 16.2 Å². The first-order valence-electron chi connectivity index (χ1n) is 18.1.